The summed E-state index contributed by atoms with van der Waals surface area (Å²) in [5, 5.41) is 11.1. The molecule has 0 aliphatic carbocycles. The van der Waals surface area contributed by atoms with E-state index in [1.54, 1.807) is 32.4 Å². The average Bonchev–Trinajstić information content (AvgIpc) is 3.20. The van der Waals surface area contributed by atoms with Crippen LogP contribution < -0.4 is 15.4 Å². The van der Waals surface area contributed by atoms with Gasteiger partial charge >= 0.3 is 0 Å². The number of fused-ring (bicyclic) bond motifs is 1. The molecule has 1 aromatic carbocycles. The van der Waals surface area contributed by atoms with E-state index in [-0.39, 0.29) is 18.5 Å². The Kier molecular flexibility index (Phi) is 7.04. The van der Waals surface area contributed by atoms with E-state index in [0.29, 0.717) is 12.5 Å². The molecule has 0 fully saturated rings. The van der Waals surface area contributed by atoms with Gasteiger partial charge in [-0.15, -0.1) is 0 Å². The highest BCUT2D eigenvalue weighted by atomic mass is 16.5. The lowest BCUT2D eigenvalue weighted by molar-refractivity contribution is -0.127. The van der Waals surface area contributed by atoms with E-state index in [9.17, 15) is 4.79 Å². The van der Waals surface area contributed by atoms with Crippen LogP contribution in [0, 0.1) is 0 Å². The zero-order chi connectivity index (χ0) is 20.6. The van der Waals surface area contributed by atoms with E-state index < -0.39 is 0 Å². The summed E-state index contributed by atoms with van der Waals surface area (Å²) < 4.78 is 7.11. The summed E-state index contributed by atoms with van der Waals surface area (Å²) in [5.41, 5.74) is 1.20. The summed E-state index contributed by atoms with van der Waals surface area (Å²) >= 11 is 0. The maximum atomic E-state index is 12.0. The fourth-order valence-corrected chi connectivity index (χ4v) is 3.11. The van der Waals surface area contributed by atoms with Gasteiger partial charge in [0, 0.05) is 33.1 Å². The second-order valence-electron chi connectivity index (χ2n) is 7.22. The molecule has 2 heterocycles. The van der Waals surface area contributed by atoms with Crippen LogP contribution in [-0.4, -0.2) is 71.9 Å². The molecule has 2 N–H and O–H groups in total. The first-order valence-corrected chi connectivity index (χ1v) is 9.79. The Morgan fingerprint density at radius 1 is 1.34 bits per heavy atom. The van der Waals surface area contributed by atoms with E-state index in [1.807, 2.05) is 28.9 Å². The van der Waals surface area contributed by atoms with E-state index in [1.165, 1.54) is 5.56 Å². The van der Waals surface area contributed by atoms with Crippen LogP contribution in [0.2, 0.25) is 0 Å². The molecule has 0 bridgehead atoms. The first-order chi connectivity index (χ1) is 14.0. The van der Waals surface area contributed by atoms with Crippen LogP contribution in [0.4, 0.5) is 0 Å². The molecule has 156 valence electrons. The van der Waals surface area contributed by atoms with Crippen LogP contribution in [-0.2, 0) is 24.2 Å². The van der Waals surface area contributed by atoms with Gasteiger partial charge in [0.2, 0.25) is 5.91 Å². The molecule has 1 amide bonds. The molecule has 2 aromatic rings. The summed E-state index contributed by atoms with van der Waals surface area (Å²) in [6.45, 7) is 1.54. The number of nitrogens with zero attached hydrogens (tertiary/aromatic N) is 5. The van der Waals surface area contributed by atoms with Crippen molar-refractivity contribution in [2.75, 3.05) is 34.3 Å². The maximum Gasteiger partial charge on any atom is 0.243 e. The number of aryl methyl sites for hydroxylation is 1. The predicted octanol–water partition coefficient (Wildman–Crippen LogP) is 0.468. The van der Waals surface area contributed by atoms with Gasteiger partial charge in [0.1, 0.15) is 24.4 Å². The number of likely N-dealkylation sites (N-methyl/N-ethyl adjacent to an activating group) is 1. The van der Waals surface area contributed by atoms with E-state index in [2.05, 4.69) is 25.7 Å². The number of hydrogen-bond acceptors (Lipinski definition) is 5. The Labute approximate surface area is 171 Å². The average molecular weight is 399 g/mol. The molecular weight excluding hydrogens is 370 g/mol. The number of rotatable bonds is 7. The number of carbonyl (C=O) groups is 1. The molecule has 9 heteroatoms. The van der Waals surface area contributed by atoms with Crippen LogP contribution >= 0.6 is 0 Å². The molecule has 29 heavy (non-hydrogen) atoms. The van der Waals surface area contributed by atoms with Crippen LogP contribution in [0.25, 0.3) is 0 Å². The molecule has 0 radical (unpaired) electrons. The number of aromatic nitrogens is 3. The topological polar surface area (TPSA) is 96.7 Å². The highest BCUT2D eigenvalue weighted by molar-refractivity contribution is 5.84. The molecule has 1 unspecified atom stereocenters. The number of hydrogen-bond donors (Lipinski definition) is 2. The summed E-state index contributed by atoms with van der Waals surface area (Å²) in [4.78, 5) is 22.2. The second-order valence-corrected chi connectivity index (χ2v) is 7.22. The molecule has 0 saturated carbocycles. The predicted molar refractivity (Wildman–Crippen MR) is 111 cm³/mol. The number of ether oxygens (including phenoxy) is 1. The van der Waals surface area contributed by atoms with Crippen LogP contribution in [0.1, 0.15) is 17.8 Å². The van der Waals surface area contributed by atoms with Crippen molar-refractivity contribution in [3.8, 4) is 5.75 Å². The fraction of sp³-hybridized carbons (Fsp3) is 0.500. The Morgan fingerprint density at radius 3 is 2.86 bits per heavy atom. The van der Waals surface area contributed by atoms with Gasteiger partial charge in [0.15, 0.2) is 5.96 Å². The monoisotopic (exact) mass is 399 g/mol. The molecule has 0 saturated heterocycles. The number of carbonyl (C=O) groups excluding carboxylic acids is 1. The number of aliphatic imine (C=N–C) groups is 1. The minimum absolute atomic E-state index is 0.0385. The van der Waals surface area contributed by atoms with Gasteiger partial charge in [0.05, 0.1) is 13.7 Å². The van der Waals surface area contributed by atoms with Crippen molar-refractivity contribution in [2.45, 2.75) is 31.8 Å². The molecule has 0 spiro atoms. The van der Waals surface area contributed by atoms with Crippen molar-refractivity contribution in [1.82, 2.24) is 30.3 Å². The fourth-order valence-electron chi connectivity index (χ4n) is 3.11. The standard InChI is InChI=1S/C20H29N7O2/c1-26(2)19(28)12-22-20(21-11-10-15-4-7-17(29-3)8-5-15)25-16-6-9-18-23-14-24-27(18)13-16/h4-5,7-8,14,16H,6,9-13H2,1-3H3,(H2,21,22,25). The van der Waals surface area contributed by atoms with Gasteiger partial charge in [0.25, 0.3) is 0 Å². The highest BCUT2D eigenvalue weighted by Gasteiger charge is 2.20. The smallest absolute Gasteiger partial charge is 0.243 e. The largest absolute Gasteiger partial charge is 0.497 e. The first-order valence-electron chi connectivity index (χ1n) is 9.79. The van der Waals surface area contributed by atoms with Crippen molar-refractivity contribution >= 4 is 11.9 Å². The number of methoxy groups -OCH3 is 1. The van der Waals surface area contributed by atoms with Crippen molar-refractivity contribution in [3.05, 3.63) is 42.0 Å². The zero-order valence-corrected chi connectivity index (χ0v) is 17.3. The lowest BCUT2D eigenvalue weighted by Gasteiger charge is -2.25. The Balaban J connectivity index is 1.58. The Bertz CT molecular complexity index is 830. The third-order valence-corrected chi connectivity index (χ3v) is 4.88. The van der Waals surface area contributed by atoms with Crippen LogP contribution in [0.3, 0.4) is 0 Å². The molecular formula is C20H29N7O2. The van der Waals surface area contributed by atoms with Gasteiger partial charge in [-0.1, -0.05) is 12.1 Å². The molecule has 1 aromatic heterocycles. The van der Waals surface area contributed by atoms with Crippen LogP contribution in [0.5, 0.6) is 5.75 Å². The normalized spacial score (nSPS) is 16.1. The second kappa shape index (κ2) is 9.90. The summed E-state index contributed by atoms with van der Waals surface area (Å²) in [6.07, 6.45) is 4.24. The molecule has 1 aliphatic heterocycles. The summed E-state index contributed by atoms with van der Waals surface area (Å²) in [7, 11) is 5.12. The number of amides is 1. The van der Waals surface area contributed by atoms with Crippen LogP contribution in [0.15, 0.2) is 35.6 Å². The quantitative estimate of drug-likeness (QED) is 0.519. The third kappa shape index (κ3) is 5.94. The number of benzene rings is 1. The van der Waals surface area contributed by atoms with Crippen molar-refractivity contribution in [3.63, 3.8) is 0 Å². The third-order valence-electron chi connectivity index (χ3n) is 4.88. The van der Waals surface area contributed by atoms with E-state index in [4.69, 9.17) is 4.74 Å². The Morgan fingerprint density at radius 2 is 2.14 bits per heavy atom. The van der Waals surface area contributed by atoms with Gasteiger partial charge in [-0.25, -0.2) is 14.7 Å². The summed E-state index contributed by atoms with van der Waals surface area (Å²) in [5.74, 6) is 2.46. The lowest BCUT2D eigenvalue weighted by Crippen LogP contribution is -2.48. The van der Waals surface area contributed by atoms with Gasteiger partial charge < -0.3 is 20.3 Å². The van der Waals surface area contributed by atoms with Gasteiger partial charge in [-0.05, 0) is 30.5 Å². The zero-order valence-electron chi connectivity index (χ0n) is 17.3. The van der Waals surface area contributed by atoms with E-state index >= 15 is 0 Å². The molecule has 1 aliphatic rings. The first kappa shape index (κ1) is 20.6. The highest BCUT2D eigenvalue weighted by Crippen LogP contribution is 2.12. The number of guanidine groups is 1. The van der Waals surface area contributed by atoms with Gasteiger partial charge in [-0.2, -0.15) is 5.10 Å². The molecule has 3 rings (SSSR count). The van der Waals surface area contributed by atoms with Gasteiger partial charge in [-0.3, -0.25) is 4.79 Å². The van der Waals surface area contributed by atoms with Crippen molar-refractivity contribution in [2.24, 2.45) is 4.99 Å². The SMILES string of the molecule is COc1ccc(CCNC(=NCC(=O)N(C)C)NC2CCc3ncnn3C2)cc1. The van der Waals surface area contributed by atoms with E-state index in [0.717, 1.165) is 37.4 Å². The maximum absolute atomic E-state index is 12.0. The minimum Gasteiger partial charge on any atom is -0.497 e. The lowest BCUT2D eigenvalue weighted by atomic mass is 10.1. The molecule has 9 nitrogen and oxygen atoms in total. The number of nitrogens with one attached hydrogen (secondary N) is 2. The minimum atomic E-state index is -0.0385. The van der Waals surface area contributed by atoms with Crippen molar-refractivity contribution < 1.29 is 9.53 Å². The van der Waals surface area contributed by atoms with Crippen molar-refractivity contribution in [1.29, 1.82) is 0 Å². The summed E-state index contributed by atoms with van der Waals surface area (Å²) in [6, 6.07) is 8.19. The molecule has 1 atom stereocenters. The Hall–Kier alpha value is -3.10.